The van der Waals surface area contributed by atoms with Crippen LogP contribution in [0.25, 0.3) is 11.1 Å². The number of hydrogen-bond donors (Lipinski definition) is 0. The van der Waals surface area contributed by atoms with E-state index in [0.29, 0.717) is 0 Å². The van der Waals surface area contributed by atoms with Gasteiger partial charge in [0.1, 0.15) is 11.4 Å². The highest BCUT2D eigenvalue weighted by Crippen LogP contribution is 2.48. The summed E-state index contributed by atoms with van der Waals surface area (Å²) in [5.74, 6) is 0. The van der Waals surface area contributed by atoms with Gasteiger partial charge in [0.15, 0.2) is 12.1 Å². The van der Waals surface area contributed by atoms with Crippen molar-refractivity contribution >= 4 is 25.0 Å². The average molecular weight is 609 g/mol. The first kappa shape index (κ1) is 31.8. The first-order valence-corrected chi connectivity index (χ1v) is 15.3. The molecule has 1 heterocycles. The van der Waals surface area contributed by atoms with Crippen molar-refractivity contribution in [3.05, 3.63) is 155 Å². The third kappa shape index (κ3) is 7.36. The van der Waals surface area contributed by atoms with E-state index in [1.54, 1.807) is 0 Å². The van der Waals surface area contributed by atoms with E-state index in [4.69, 9.17) is 0 Å². The largest absolute Gasteiger partial charge is 0.673 e. The van der Waals surface area contributed by atoms with Gasteiger partial charge in [-0.15, -0.1) is 0 Å². The fourth-order valence-corrected chi connectivity index (χ4v) is 6.24. The van der Waals surface area contributed by atoms with E-state index in [9.17, 15) is 17.3 Å². The van der Waals surface area contributed by atoms with Crippen LogP contribution >= 0.6 is 0 Å². The number of rotatable bonds is 7. The van der Waals surface area contributed by atoms with Crippen LogP contribution in [0.2, 0.25) is 0 Å². The van der Waals surface area contributed by atoms with E-state index < -0.39 is 7.25 Å². The minimum absolute atomic E-state index is 0.0856. The van der Waals surface area contributed by atoms with Crippen LogP contribution in [-0.2, 0) is 12.8 Å². The molecule has 0 fully saturated rings. The Labute approximate surface area is 263 Å². The van der Waals surface area contributed by atoms with Crippen molar-refractivity contribution in [2.45, 2.75) is 45.7 Å². The number of halogens is 4. The van der Waals surface area contributed by atoms with Gasteiger partial charge in [0.05, 0.1) is 0 Å². The van der Waals surface area contributed by atoms with Crippen LogP contribution in [0.15, 0.2) is 127 Å². The molecule has 1 aliphatic rings. The quantitative estimate of drug-likeness (QED) is 0.101. The summed E-state index contributed by atoms with van der Waals surface area (Å²) >= 11 is 0. The summed E-state index contributed by atoms with van der Waals surface area (Å²) in [5.41, 5.74) is 11.7. The molecule has 6 rings (SSSR count). The van der Waals surface area contributed by atoms with Crippen molar-refractivity contribution in [1.82, 2.24) is 0 Å². The molecule has 230 valence electrons. The highest BCUT2D eigenvalue weighted by atomic mass is 19.5. The Morgan fingerprint density at radius 2 is 1.16 bits per heavy atom. The number of hydrogen-bond acceptors (Lipinski definition) is 1. The summed E-state index contributed by atoms with van der Waals surface area (Å²) in [4.78, 5) is 2.54. The molecule has 0 aromatic heterocycles. The Balaban J connectivity index is 0.000000743. The zero-order chi connectivity index (χ0) is 32.0. The normalized spacial score (nSPS) is 16.2. The van der Waals surface area contributed by atoms with Crippen LogP contribution in [0.5, 0.6) is 0 Å². The Morgan fingerprint density at radius 1 is 0.644 bits per heavy atom. The van der Waals surface area contributed by atoms with Gasteiger partial charge in [-0.2, -0.15) is 0 Å². The van der Waals surface area contributed by atoms with Crippen LogP contribution in [0.3, 0.4) is 0 Å². The molecule has 0 saturated carbocycles. The van der Waals surface area contributed by atoms with Gasteiger partial charge in [0, 0.05) is 16.7 Å². The summed E-state index contributed by atoms with van der Waals surface area (Å²) in [6, 6.07) is 46.7. The van der Waals surface area contributed by atoms with Crippen molar-refractivity contribution in [3.63, 3.8) is 0 Å². The Bertz CT molecular complexity index is 1710. The van der Waals surface area contributed by atoms with Gasteiger partial charge in [-0.3, -0.25) is 0 Å². The lowest BCUT2D eigenvalue weighted by Crippen LogP contribution is -2.26. The maximum atomic E-state index is 9.75. The van der Waals surface area contributed by atoms with Crippen molar-refractivity contribution in [3.8, 4) is 11.1 Å². The molecule has 5 aromatic carbocycles. The fraction of sp³-hybridized carbons (Fsp3) is 0.184. The molecule has 0 bridgehead atoms. The molecule has 1 aliphatic heterocycles. The molecule has 2 atom stereocenters. The van der Waals surface area contributed by atoms with Crippen molar-refractivity contribution in [1.29, 1.82) is 0 Å². The number of aryl methyl sites for hydroxylation is 3. The van der Waals surface area contributed by atoms with E-state index in [1.165, 1.54) is 50.3 Å². The summed E-state index contributed by atoms with van der Waals surface area (Å²) < 4.78 is 41.6. The van der Waals surface area contributed by atoms with Crippen molar-refractivity contribution in [2.24, 2.45) is 0 Å². The lowest BCUT2D eigenvalue weighted by atomic mass is 9.90. The van der Waals surface area contributed by atoms with Gasteiger partial charge in [-0.05, 0) is 54.2 Å². The second-order valence-corrected chi connectivity index (χ2v) is 11.2. The predicted octanol–water partition coefficient (Wildman–Crippen LogP) is 10.8. The maximum Gasteiger partial charge on any atom is 0.673 e. The zero-order valence-corrected chi connectivity index (χ0v) is 25.8. The molecule has 0 amide bonds. The lowest BCUT2D eigenvalue weighted by molar-refractivity contribution is -0.482. The van der Waals surface area contributed by atoms with Gasteiger partial charge < -0.3 is 17.3 Å². The molecule has 0 aliphatic carbocycles. The molecule has 2 nitrogen and oxygen atoms in total. The van der Waals surface area contributed by atoms with Crippen LogP contribution in [-0.4, -0.2) is 18.2 Å². The van der Waals surface area contributed by atoms with Crippen LogP contribution in [0.1, 0.15) is 53.7 Å². The first-order chi connectivity index (χ1) is 21.7. The molecule has 0 N–H and O–H groups in total. The highest BCUT2D eigenvalue weighted by Gasteiger charge is 2.47. The zero-order valence-electron chi connectivity index (χ0n) is 25.8. The third-order valence-corrected chi connectivity index (χ3v) is 8.17. The number of anilines is 1. The minimum atomic E-state index is -6.00. The molecule has 45 heavy (non-hydrogen) atoms. The SMILES string of the molecule is CCc1cccc(CC)c1[N+]1=CN(c2cc(C)ccc2-c2ccccc2)[C@@H](c2ccccc2)[C@H]1c1ccccc1.F[B-](F)(F)F. The van der Waals surface area contributed by atoms with Gasteiger partial charge >= 0.3 is 7.25 Å². The van der Waals surface area contributed by atoms with Gasteiger partial charge in [0.25, 0.3) is 0 Å². The van der Waals surface area contributed by atoms with Crippen molar-refractivity contribution in [2.75, 3.05) is 4.90 Å². The van der Waals surface area contributed by atoms with Crippen molar-refractivity contribution < 1.29 is 21.8 Å². The Kier molecular flexibility index (Phi) is 9.87. The number of benzene rings is 5. The summed E-state index contributed by atoms with van der Waals surface area (Å²) in [6.45, 7) is 6.73. The second-order valence-electron chi connectivity index (χ2n) is 11.2. The Hall–Kier alpha value is -4.65. The molecule has 0 saturated heterocycles. The molecular formula is C38H37BF4N2. The maximum absolute atomic E-state index is 9.75. The highest BCUT2D eigenvalue weighted by molar-refractivity contribution is 6.50. The van der Waals surface area contributed by atoms with Crippen LogP contribution < -0.4 is 4.90 Å². The lowest BCUT2D eigenvalue weighted by Gasteiger charge is -2.26. The van der Waals surface area contributed by atoms with Gasteiger partial charge in [0.2, 0.25) is 6.34 Å². The summed E-state index contributed by atoms with van der Waals surface area (Å²) in [6.07, 6.45) is 4.37. The molecule has 0 spiro atoms. The molecule has 7 heteroatoms. The topological polar surface area (TPSA) is 6.25 Å². The van der Waals surface area contributed by atoms with Gasteiger partial charge in [-0.25, -0.2) is 9.48 Å². The van der Waals surface area contributed by atoms with Crippen LogP contribution in [0, 0.1) is 6.92 Å². The third-order valence-electron chi connectivity index (χ3n) is 8.17. The minimum Gasteiger partial charge on any atom is -0.418 e. The predicted molar refractivity (Wildman–Crippen MR) is 179 cm³/mol. The Morgan fingerprint density at radius 3 is 1.69 bits per heavy atom. The van der Waals surface area contributed by atoms with E-state index in [0.717, 1.165) is 12.8 Å². The van der Waals surface area contributed by atoms with E-state index in [-0.39, 0.29) is 12.1 Å². The van der Waals surface area contributed by atoms with E-state index in [1.807, 2.05) is 0 Å². The molecule has 5 aromatic rings. The summed E-state index contributed by atoms with van der Waals surface area (Å²) in [7, 11) is -6.00. The average Bonchev–Trinajstić information content (AvgIpc) is 3.45. The van der Waals surface area contributed by atoms with E-state index >= 15 is 0 Å². The van der Waals surface area contributed by atoms with Gasteiger partial charge in [-0.1, -0.05) is 129 Å². The summed E-state index contributed by atoms with van der Waals surface area (Å²) in [5, 5.41) is 0. The first-order valence-electron chi connectivity index (χ1n) is 15.3. The standard InChI is InChI=1S/C38H37N2.BF4/c1-4-29-22-15-23-30(5-2)36(29)40-27-39(35-26-28(3)24-25-34(35)31-16-9-6-10-17-31)37(32-18-11-7-12-19-32)38(40)33-20-13-8-14-21-33;2-1(3,4)5/h6-27,37-38H,4-5H2,1-3H3;/q+1;-1/t37-,38+;/m0./s1. The monoisotopic (exact) mass is 608 g/mol. The molecule has 0 radical (unpaired) electrons. The number of para-hydroxylation sites is 1. The smallest absolute Gasteiger partial charge is 0.418 e. The second kappa shape index (κ2) is 14.0. The fourth-order valence-electron chi connectivity index (χ4n) is 6.24. The molecule has 0 unspecified atom stereocenters. The number of nitrogens with zero attached hydrogens (tertiary/aromatic N) is 2. The van der Waals surface area contributed by atoms with Crippen LogP contribution in [0.4, 0.5) is 28.6 Å². The molecular weight excluding hydrogens is 571 g/mol. The van der Waals surface area contributed by atoms with E-state index in [2.05, 4.69) is 164 Å².